The van der Waals surface area contributed by atoms with Crippen molar-refractivity contribution in [2.45, 2.75) is 239 Å². The van der Waals surface area contributed by atoms with Gasteiger partial charge in [0.15, 0.2) is 0 Å². The van der Waals surface area contributed by atoms with Crippen molar-refractivity contribution in [3.8, 4) is 0 Å². The summed E-state index contributed by atoms with van der Waals surface area (Å²) in [4.78, 5) is 259. The van der Waals surface area contributed by atoms with E-state index in [4.69, 9.17) is 11.5 Å². The van der Waals surface area contributed by atoms with E-state index in [1.165, 1.54) is 33.4 Å². The van der Waals surface area contributed by atoms with Crippen molar-refractivity contribution in [3.63, 3.8) is 0 Å². The number of aliphatic hydroxyl groups is 6. The van der Waals surface area contributed by atoms with Crippen LogP contribution in [0.5, 0.6) is 0 Å². The van der Waals surface area contributed by atoms with Crippen LogP contribution in [0.15, 0.2) is 0 Å². The number of nitrogens with one attached hydrogen (secondary N) is 8. The average molecular weight is 1650 g/mol. The van der Waals surface area contributed by atoms with E-state index in [0.29, 0.717) is 12.8 Å². The third-order valence-electron chi connectivity index (χ3n) is 21.9. The maximum atomic E-state index is 15.4. The molecule has 0 unspecified atom stereocenters. The zero-order valence-corrected chi connectivity index (χ0v) is 65.8. The minimum Gasteiger partial charge on any atom is -0.394 e. The molecule has 8 aliphatic heterocycles. The number of carbonyl (C=O) groups excluding carboxylic acids is 18. The number of primary amides is 2. The summed E-state index contributed by atoms with van der Waals surface area (Å²) in [7, 11) is 1.78. The Bertz CT molecular complexity index is 3400. The lowest BCUT2D eigenvalue weighted by Crippen LogP contribution is -2.61. The summed E-state index contributed by atoms with van der Waals surface area (Å²) in [5.74, 6) is -15.7. The Balaban J connectivity index is 1.06. The van der Waals surface area contributed by atoms with Crippen molar-refractivity contribution >= 4 is 128 Å². The van der Waals surface area contributed by atoms with Crippen LogP contribution in [0, 0.1) is 0 Å². The molecule has 0 aliphatic carbocycles. The molecule has 18 atom stereocenters. The van der Waals surface area contributed by atoms with Crippen LogP contribution in [0.3, 0.4) is 0 Å². The molecule has 18 amide bonds. The molecular weight excluding hydrogens is 1540 g/mol. The Morgan fingerprint density at radius 1 is 0.307 bits per heavy atom. The second-order valence-corrected chi connectivity index (χ2v) is 32.4. The summed E-state index contributed by atoms with van der Waals surface area (Å²) in [5, 5.41) is 81.6. The summed E-state index contributed by atoms with van der Waals surface area (Å²) in [5.41, 5.74) is 10.6. The molecule has 634 valence electrons. The van der Waals surface area contributed by atoms with Crippen molar-refractivity contribution in [2.75, 3.05) is 90.3 Å². The second kappa shape index (κ2) is 41.5. The molecule has 8 saturated heterocycles. The fourth-order valence-corrected chi connectivity index (χ4v) is 18.4. The van der Waals surface area contributed by atoms with Crippen LogP contribution < -0.4 is 54.0 Å². The van der Waals surface area contributed by atoms with Crippen LogP contribution in [0.2, 0.25) is 0 Å². The molecule has 0 saturated carbocycles. The van der Waals surface area contributed by atoms with E-state index in [9.17, 15) is 107 Å². The standard InChI is InChI=1S/C70H108N18O24S2/c1-35(93)53(73-37(3)95)69(111)87-27-11-19-51(87)67(109)85-25-9-17-49(85)61(103)79-43(65(107)83-23-7-15-47(83)59(101)77-41(31-91)63(105)81-21-5-13-45(81)57(99)75-39(29-89)55(71)97)33-113-114-34-44(80-62(104)50-18-10-26-86(50)68(110)52-20-12-28-88(52)70(112)54(36(2)94)74-38(4)96)66(108)84-24-8-16-48(84)60(102)78-42(32-92)64(106)82-22-6-14-46(82)58(100)76-40(30-90)56(72)98/h35-36,39-54,89-94H,5-34H2,1-4H3,(H2,71,97)(H2,72,98)(H,73,95)(H,74,96)(H,75,99)(H,76,100)(H,77,101)(H,78,102)(H,79,103)(H,80,104)/t35-,36-,39+,40+,41+,42+,43+,44+,45+,46+,47+,48+,49+,50+,51+,52+,53+,54+/m1/s1. The second-order valence-electron chi connectivity index (χ2n) is 29.8. The molecule has 8 heterocycles. The normalized spacial score (nSPS) is 24.8. The molecule has 114 heavy (non-hydrogen) atoms. The number of hydrogen-bond donors (Lipinski definition) is 16. The SMILES string of the molecule is CC(=O)N[C@H](C(=O)N1CCC[C@H]1C(=O)N1CCC[C@H]1C(=O)N[C@@H](CSSC[C@H](NC(=O)[C@@H]1CCCN1C(=O)[C@@H]1CCCN1C(=O)[C@@H](NC(C)=O)[C@@H](C)O)C(=O)N1CCC[C@H]1C(=O)N[C@@H](CO)C(=O)N1CCC[C@H]1C(=O)N[C@@H](CO)C(N)=O)C(=O)N1CCC[C@H]1C(=O)N[C@@H](CO)C(=O)N1CCC[C@H]1C(=O)N[C@@H](CO)C(N)=O)[C@@H](C)O. The van der Waals surface area contributed by atoms with E-state index < -0.39 is 253 Å². The predicted octanol–water partition coefficient (Wildman–Crippen LogP) is -10.1. The highest BCUT2D eigenvalue weighted by molar-refractivity contribution is 8.76. The first-order valence-corrected chi connectivity index (χ1v) is 41.1. The molecule has 0 radical (unpaired) electrons. The molecule has 44 heteroatoms. The Morgan fingerprint density at radius 3 is 0.737 bits per heavy atom. The van der Waals surface area contributed by atoms with E-state index in [0.717, 1.165) is 55.0 Å². The summed E-state index contributed by atoms with van der Waals surface area (Å²) < 4.78 is 0. The molecular formula is C70H108N18O24S2. The molecule has 0 aromatic carbocycles. The van der Waals surface area contributed by atoms with E-state index in [1.807, 2.05) is 0 Å². The van der Waals surface area contributed by atoms with E-state index in [1.54, 1.807) is 0 Å². The summed E-state index contributed by atoms with van der Waals surface area (Å²) in [6, 6.07) is -22.4. The molecule has 0 spiro atoms. The number of aliphatic hydroxyl groups excluding tert-OH is 6. The third-order valence-corrected chi connectivity index (χ3v) is 24.4. The fourth-order valence-electron chi connectivity index (χ4n) is 16.1. The first kappa shape index (κ1) is 90.5. The van der Waals surface area contributed by atoms with Crippen molar-refractivity contribution < 1.29 is 117 Å². The van der Waals surface area contributed by atoms with Crippen molar-refractivity contribution in [2.24, 2.45) is 11.5 Å². The first-order valence-electron chi connectivity index (χ1n) is 38.6. The molecule has 0 aromatic rings. The van der Waals surface area contributed by atoms with Crippen LogP contribution in [0.1, 0.15) is 130 Å². The van der Waals surface area contributed by atoms with Crippen LogP contribution in [0.25, 0.3) is 0 Å². The molecule has 0 bridgehead atoms. The fraction of sp³-hybridized carbons (Fsp3) is 0.743. The molecule has 8 fully saturated rings. The van der Waals surface area contributed by atoms with Crippen molar-refractivity contribution in [1.29, 1.82) is 0 Å². The monoisotopic (exact) mass is 1650 g/mol. The van der Waals surface area contributed by atoms with Crippen molar-refractivity contribution in [1.82, 2.24) is 81.7 Å². The zero-order chi connectivity index (χ0) is 83.7. The van der Waals surface area contributed by atoms with Gasteiger partial charge in [-0.3, -0.25) is 86.3 Å². The maximum absolute atomic E-state index is 15.4. The van der Waals surface area contributed by atoms with Gasteiger partial charge in [-0.2, -0.15) is 0 Å². The van der Waals surface area contributed by atoms with Gasteiger partial charge in [-0.25, -0.2) is 0 Å². The lowest BCUT2D eigenvalue weighted by atomic mass is 10.1. The Labute approximate surface area is 664 Å². The van der Waals surface area contributed by atoms with Gasteiger partial charge >= 0.3 is 0 Å². The van der Waals surface area contributed by atoms with Gasteiger partial charge in [0.1, 0.15) is 96.7 Å². The maximum Gasteiger partial charge on any atom is 0.248 e. The molecule has 8 aliphatic rings. The number of nitrogens with two attached hydrogens (primary N) is 2. The largest absolute Gasteiger partial charge is 0.394 e. The summed E-state index contributed by atoms with van der Waals surface area (Å²) >= 11 is 0. The number of nitrogens with zero attached hydrogens (tertiary/aromatic N) is 8. The number of rotatable bonds is 35. The topological polar surface area (TPSA) is 603 Å². The highest BCUT2D eigenvalue weighted by Crippen LogP contribution is 2.33. The smallest absolute Gasteiger partial charge is 0.248 e. The quantitative estimate of drug-likeness (QED) is 0.0207. The number of hydrogen-bond acceptors (Lipinski definition) is 26. The Morgan fingerprint density at radius 2 is 0.509 bits per heavy atom. The Kier molecular flexibility index (Phi) is 32.9. The molecule has 0 aromatic heterocycles. The van der Waals surface area contributed by atoms with Gasteiger partial charge in [-0.15, -0.1) is 0 Å². The van der Waals surface area contributed by atoms with Crippen LogP contribution in [0.4, 0.5) is 0 Å². The molecule has 42 nitrogen and oxygen atoms in total. The lowest BCUT2D eigenvalue weighted by Gasteiger charge is -2.34. The van der Waals surface area contributed by atoms with Gasteiger partial charge in [0.2, 0.25) is 106 Å². The minimum atomic E-state index is -1.69. The Hall–Kier alpha value is -9.08. The highest BCUT2D eigenvalue weighted by Gasteiger charge is 2.50. The highest BCUT2D eigenvalue weighted by atomic mass is 33.1. The van der Waals surface area contributed by atoms with E-state index in [2.05, 4.69) is 42.5 Å². The molecule has 18 N–H and O–H groups in total. The van der Waals surface area contributed by atoms with Gasteiger partial charge in [0, 0.05) is 77.7 Å². The zero-order valence-electron chi connectivity index (χ0n) is 64.2. The van der Waals surface area contributed by atoms with Gasteiger partial charge in [-0.05, 0) is 117 Å². The van der Waals surface area contributed by atoms with Gasteiger partial charge < -0.3 is 124 Å². The van der Waals surface area contributed by atoms with Gasteiger partial charge in [-0.1, -0.05) is 21.6 Å². The number of amides is 18. The van der Waals surface area contributed by atoms with Gasteiger partial charge in [0.05, 0.1) is 38.6 Å². The number of carbonyl (C=O) groups is 18. The van der Waals surface area contributed by atoms with E-state index in [-0.39, 0.29) is 142 Å². The third kappa shape index (κ3) is 21.7. The average Bonchev–Trinajstić information content (AvgIpc) is 1.64. The predicted molar refractivity (Wildman–Crippen MR) is 400 cm³/mol. The first-order chi connectivity index (χ1) is 54.2. The summed E-state index contributed by atoms with van der Waals surface area (Å²) in [6.07, 6.45) is 0.0379. The van der Waals surface area contributed by atoms with Crippen molar-refractivity contribution in [3.05, 3.63) is 0 Å². The minimum absolute atomic E-state index is 0.0148. The van der Waals surface area contributed by atoms with Crippen LogP contribution in [-0.2, 0) is 86.3 Å². The lowest BCUT2D eigenvalue weighted by molar-refractivity contribution is -0.149. The van der Waals surface area contributed by atoms with E-state index >= 15 is 9.59 Å². The summed E-state index contributed by atoms with van der Waals surface area (Å²) in [6.45, 7) is 1.14. The molecule has 8 rings (SSSR count). The van der Waals surface area contributed by atoms with Crippen LogP contribution >= 0.6 is 21.6 Å². The van der Waals surface area contributed by atoms with Gasteiger partial charge in [0.25, 0.3) is 0 Å². The number of likely N-dealkylation sites (tertiary alicyclic amines) is 8. The van der Waals surface area contributed by atoms with Crippen LogP contribution in [-0.4, -0.2) is 375 Å².